The molecule has 0 atom stereocenters. The fourth-order valence-electron chi connectivity index (χ4n) is 3.51. The van der Waals surface area contributed by atoms with Crippen molar-refractivity contribution in [3.8, 4) is 0 Å². The maximum absolute atomic E-state index is 4.82. The van der Waals surface area contributed by atoms with Gasteiger partial charge in [0.05, 0.1) is 12.0 Å². The normalized spacial score (nSPS) is 13.4. The van der Waals surface area contributed by atoms with Gasteiger partial charge in [0, 0.05) is 42.8 Å². The van der Waals surface area contributed by atoms with Crippen molar-refractivity contribution in [2.24, 2.45) is 4.99 Å². The molecule has 2 heterocycles. The highest BCUT2D eigenvalue weighted by Gasteiger charge is 2.23. The van der Waals surface area contributed by atoms with E-state index in [0.29, 0.717) is 0 Å². The molecular weight excluding hydrogens is 350 g/mol. The van der Waals surface area contributed by atoms with Crippen LogP contribution in [0.1, 0.15) is 49.9 Å². The van der Waals surface area contributed by atoms with Gasteiger partial charge in [-0.15, -0.1) is 0 Å². The van der Waals surface area contributed by atoms with E-state index in [0.717, 1.165) is 25.2 Å². The first-order chi connectivity index (χ1) is 13.3. The molecule has 0 aliphatic heterocycles. The predicted molar refractivity (Wildman–Crippen MR) is 117 cm³/mol. The Bertz CT molecular complexity index is 932. The zero-order valence-corrected chi connectivity index (χ0v) is 17.4. The Morgan fingerprint density at radius 2 is 2.11 bits per heavy atom. The third-order valence-electron chi connectivity index (χ3n) is 4.71. The average Bonchev–Trinajstić information content (AvgIpc) is 3.44. The van der Waals surface area contributed by atoms with Crippen LogP contribution in [0, 0.1) is 0 Å². The van der Waals surface area contributed by atoms with Crippen molar-refractivity contribution in [2.45, 2.75) is 40.7 Å². The van der Waals surface area contributed by atoms with Crippen molar-refractivity contribution in [3.63, 3.8) is 0 Å². The van der Waals surface area contributed by atoms with Crippen molar-refractivity contribution in [3.05, 3.63) is 81.6 Å². The van der Waals surface area contributed by atoms with E-state index >= 15 is 0 Å². The number of nitrogens with zero attached hydrogens (tertiary/aromatic N) is 3. The summed E-state index contributed by atoms with van der Waals surface area (Å²) in [4.78, 5) is 8.95. The summed E-state index contributed by atoms with van der Waals surface area (Å²) in [6.07, 6.45) is 6.66. The summed E-state index contributed by atoms with van der Waals surface area (Å²) in [6, 6.07) is 9.00. The second-order valence-corrected chi connectivity index (χ2v) is 7.12. The number of benzene rings is 1. The van der Waals surface area contributed by atoms with Crippen LogP contribution in [0.2, 0.25) is 0 Å². The fourth-order valence-corrected chi connectivity index (χ4v) is 4.15. The van der Waals surface area contributed by atoms with Gasteiger partial charge in [-0.25, -0.2) is 4.98 Å². The summed E-state index contributed by atoms with van der Waals surface area (Å²) in [5.74, 6) is 0. The molecule has 0 saturated carbocycles. The summed E-state index contributed by atoms with van der Waals surface area (Å²) >= 11 is 1.73. The summed E-state index contributed by atoms with van der Waals surface area (Å²) in [6.45, 7) is 10.0. The van der Waals surface area contributed by atoms with E-state index in [9.17, 15) is 0 Å². The third kappa shape index (κ3) is 4.11. The minimum Gasteiger partial charge on any atom is -0.333 e. The molecule has 0 amide bonds. The molecule has 140 valence electrons. The molecule has 0 unspecified atom stereocenters. The van der Waals surface area contributed by atoms with Crippen molar-refractivity contribution >= 4 is 22.6 Å². The number of hydrogen-bond donors (Lipinski definition) is 0. The number of thiophene rings is 1. The van der Waals surface area contributed by atoms with Crippen LogP contribution in [-0.4, -0.2) is 21.8 Å². The number of hydrogen-bond acceptors (Lipinski definition) is 3. The molecule has 1 aromatic carbocycles. The highest BCUT2D eigenvalue weighted by atomic mass is 32.1. The fraction of sp³-hybridized carbons (Fsp3) is 0.304. The highest BCUT2D eigenvalue weighted by molar-refractivity contribution is 7.08. The van der Waals surface area contributed by atoms with Crippen LogP contribution in [0.4, 0.5) is 0 Å². The average molecular weight is 378 g/mol. The van der Waals surface area contributed by atoms with E-state index in [-0.39, 0.29) is 0 Å². The van der Waals surface area contributed by atoms with Gasteiger partial charge >= 0.3 is 0 Å². The number of allylic oxidation sites excluding steroid dienone is 2. The quantitative estimate of drug-likeness (QED) is 0.512. The van der Waals surface area contributed by atoms with E-state index in [1.54, 1.807) is 11.3 Å². The Morgan fingerprint density at radius 1 is 1.26 bits per heavy atom. The Labute approximate surface area is 166 Å². The second-order valence-electron chi connectivity index (χ2n) is 6.34. The van der Waals surface area contributed by atoms with Crippen LogP contribution in [0.5, 0.6) is 0 Å². The molecule has 1 aliphatic carbocycles. The first kappa shape index (κ1) is 19.3. The van der Waals surface area contributed by atoms with E-state index in [1.165, 1.54) is 33.4 Å². The molecule has 1 aliphatic rings. The van der Waals surface area contributed by atoms with Crippen LogP contribution in [-0.2, 0) is 13.0 Å². The van der Waals surface area contributed by atoms with Gasteiger partial charge in [-0.3, -0.25) is 4.99 Å². The number of fused-ring (bicyclic) bond motifs is 1. The molecule has 0 N–H and O–H groups in total. The van der Waals surface area contributed by atoms with Gasteiger partial charge in [0.2, 0.25) is 0 Å². The zero-order chi connectivity index (χ0) is 19.2. The second kappa shape index (κ2) is 8.96. The topological polar surface area (TPSA) is 30.2 Å². The van der Waals surface area contributed by atoms with Crippen LogP contribution in [0.3, 0.4) is 0 Å². The zero-order valence-electron chi connectivity index (χ0n) is 16.6. The van der Waals surface area contributed by atoms with Gasteiger partial charge in [-0.2, -0.15) is 11.3 Å². The Hall–Kier alpha value is -2.46. The van der Waals surface area contributed by atoms with Crippen molar-refractivity contribution in [1.82, 2.24) is 9.55 Å². The van der Waals surface area contributed by atoms with Crippen LogP contribution in [0.15, 0.2) is 64.3 Å². The van der Waals surface area contributed by atoms with Gasteiger partial charge in [-0.05, 0) is 53.1 Å². The van der Waals surface area contributed by atoms with Crippen molar-refractivity contribution < 1.29 is 0 Å². The Morgan fingerprint density at radius 3 is 2.78 bits per heavy atom. The van der Waals surface area contributed by atoms with Gasteiger partial charge in [-0.1, -0.05) is 32.0 Å². The van der Waals surface area contributed by atoms with Crippen LogP contribution >= 0.6 is 11.3 Å². The molecule has 0 fully saturated rings. The van der Waals surface area contributed by atoms with Crippen molar-refractivity contribution in [1.29, 1.82) is 0 Å². The van der Waals surface area contributed by atoms with Crippen LogP contribution < -0.4 is 0 Å². The predicted octanol–water partition coefficient (Wildman–Crippen LogP) is 5.86. The minimum atomic E-state index is 0.810. The van der Waals surface area contributed by atoms with Gasteiger partial charge in [0.1, 0.15) is 0 Å². The molecule has 2 aromatic heterocycles. The molecule has 0 saturated heterocycles. The molecule has 4 heteroatoms. The largest absolute Gasteiger partial charge is 0.333 e. The lowest BCUT2D eigenvalue weighted by molar-refractivity contribution is 0.796. The molecular formula is C23H27N3S. The number of imidazole rings is 1. The lowest BCUT2D eigenvalue weighted by atomic mass is 10.0. The monoisotopic (exact) mass is 377 g/mol. The molecule has 0 spiro atoms. The molecule has 0 radical (unpaired) electrons. The number of aromatic nitrogens is 2. The summed E-state index contributed by atoms with van der Waals surface area (Å²) < 4.78 is 2.10. The SMILES string of the molecule is CC.CCN=C(C1=C(C)c2ccc(Cn3ccnc3)cc2C1)c1ccsc1. The van der Waals surface area contributed by atoms with E-state index in [1.807, 2.05) is 32.6 Å². The molecule has 4 rings (SSSR count). The van der Waals surface area contributed by atoms with E-state index < -0.39 is 0 Å². The first-order valence-electron chi connectivity index (χ1n) is 9.61. The number of rotatable bonds is 5. The molecule has 0 bridgehead atoms. The summed E-state index contributed by atoms with van der Waals surface area (Å²) in [5, 5.41) is 4.32. The van der Waals surface area contributed by atoms with Gasteiger partial charge in [0.15, 0.2) is 0 Å². The third-order valence-corrected chi connectivity index (χ3v) is 5.40. The maximum atomic E-state index is 4.82. The lowest BCUT2D eigenvalue weighted by Gasteiger charge is -2.07. The summed E-state index contributed by atoms with van der Waals surface area (Å²) in [5.41, 5.74) is 9.22. The lowest BCUT2D eigenvalue weighted by Crippen LogP contribution is -2.06. The van der Waals surface area contributed by atoms with E-state index in [4.69, 9.17) is 4.99 Å². The van der Waals surface area contributed by atoms with Crippen molar-refractivity contribution in [2.75, 3.05) is 6.54 Å². The molecule has 27 heavy (non-hydrogen) atoms. The van der Waals surface area contributed by atoms with Crippen LogP contribution in [0.25, 0.3) is 5.57 Å². The minimum absolute atomic E-state index is 0.810. The highest BCUT2D eigenvalue weighted by Crippen LogP contribution is 2.35. The maximum Gasteiger partial charge on any atom is 0.0949 e. The molecule has 3 aromatic rings. The Kier molecular flexibility index (Phi) is 6.40. The summed E-state index contributed by atoms with van der Waals surface area (Å²) in [7, 11) is 0. The van der Waals surface area contributed by atoms with Gasteiger partial charge < -0.3 is 4.57 Å². The number of aliphatic imine (C=N–C) groups is 1. The van der Waals surface area contributed by atoms with E-state index in [2.05, 4.69) is 58.4 Å². The molecule has 3 nitrogen and oxygen atoms in total. The smallest absolute Gasteiger partial charge is 0.0949 e. The standard InChI is InChI=1S/C21H21N3S.C2H6/c1-3-23-21(17-6-9-25-13-17)20-11-18-10-16(4-5-19(18)15(20)2)12-24-8-7-22-14-24;1-2/h4-10,13-14H,3,11-12H2,1-2H3;1-2H3. The van der Waals surface area contributed by atoms with Gasteiger partial charge in [0.25, 0.3) is 0 Å². The first-order valence-corrected chi connectivity index (χ1v) is 10.6. The Balaban J connectivity index is 0.00000102.